The van der Waals surface area contributed by atoms with Gasteiger partial charge in [-0.15, -0.1) is 0 Å². The van der Waals surface area contributed by atoms with Gasteiger partial charge in [-0.3, -0.25) is 14.9 Å². The predicted octanol–water partition coefficient (Wildman–Crippen LogP) is 4.10. The number of hydrogen-bond donors (Lipinski definition) is 0. The van der Waals surface area contributed by atoms with Crippen molar-refractivity contribution >= 4 is 17.3 Å². The Morgan fingerprint density at radius 1 is 1.04 bits per heavy atom. The maximum Gasteiger partial charge on any atom is 0.270 e. The largest absolute Gasteiger partial charge is 0.467 e. The molecule has 1 heterocycles. The minimum atomic E-state index is -0.506. The molecule has 1 amide bonds. The second-order valence-electron chi connectivity index (χ2n) is 6.61. The molecule has 3 rings (SSSR count). The Hall–Kier alpha value is -3.61. The molecule has 0 N–H and O–H groups in total. The summed E-state index contributed by atoms with van der Waals surface area (Å²) in [5.74, 6) is 0.348. The quantitative estimate of drug-likeness (QED) is 0.456. The zero-order valence-corrected chi connectivity index (χ0v) is 15.7. The molecular weight excluding hydrogens is 358 g/mol. The van der Waals surface area contributed by atoms with Crippen LogP contribution in [-0.2, 0) is 13.1 Å². The lowest BCUT2D eigenvalue weighted by atomic mass is 10.1. The molecule has 0 atom stereocenters. The van der Waals surface area contributed by atoms with Crippen LogP contribution in [0.3, 0.4) is 0 Å². The first-order valence-corrected chi connectivity index (χ1v) is 8.76. The highest BCUT2D eigenvalue weighted by molar-refractivity contribution is 5.94. The van der Waals surface area contributed by atoms with E-state index in [0.29, 0.717) is 12.3 Å². The number of nitrogens with zero attached hydrogens (tertiary/aromatic N) is 3. The lowest BCUT2D eigenvalue weighted by Gasteiger charge is -2.22. The van der Waals surface area contributed by atoms with Crippen molar-refractivity contribution in [3.05, 3.63) is 93.9 Å². The molecule has 0 aliphatic rings. The van der Waals surface area contributed by atoms with E-state index in [1.165, 1.54) is 18.2 Å². The molecule has 1 aromatic heterocycles. The third kappa shape index (κ3) is 4.56. The Morgan fingerprint density at radius 3 is 2.39 bits per heavy atom. The molecule has 0 aliphatic carbocycles. The van der Waals surface area contributed by atoms with E-state index in [4.69, 9.17) is 4.42 Å². The molecule has 28 heavy (non-hydrogen) atoms. The van der Waals surface area contributed by atoms with E-state index in [1.54, 1.807) is 29.4 Å². The van der Waals surface area contributed by atoms with Gasteiger partial charge in [0.2, 0.25) is 0 Å². The average Bonchev–Trinajstić information content (AvgIpc) is 3.20. The van der Waals surface area contributed by atoms with Crippen LogP contribution < -0.4 is 4.90 Å². The predicted molar refractivity (Wildman–Crippen MR) is 106 cm³/mol. The van der Waals surface area contributed by atoms with Crippen molar-refractivity contribution in [3.8, 4) is 0 Å². The number of carbonyl (C=O) groups excluding carboxylic acids is 1. The van der Waals surface area contributed by atoms with Crippen LogP contribution in [0.5, 0.6) is 0 Å². The normalized spacial score (nSPS) is 10.5. The van der Waals surface area contributed by atoms with Gasteiger partial charge in [-0.1, -0.05) is 18.2 Å². The highest BCUT2D eigenvalue weighted by Crippen LogP contribution is 2.20. The van der Waals surface area contributed by atoms with Crippen molar-refractivity contribution in [2.45, 2.75) is 13.1 Å². The fourth-order valence-corrected chi connectivity index (χ4v) is 2.85. The molecule has 0 fully saturated rings. The Kier molecular flexibility index (Phi) is 5.74. The van der Waals surface area contributed by atoms with Gasteiger partial charge in [0.15, 0.2) is 0 Å². The van der Waals surface area contributed by atoms with Crippen molar-refractivity contribution in [3.63, 3.8) is 0 Å². The molecule has 0 saturated heterocycles. The first-order chi connectivity index (χ1) is 13.4. The molecule has 0 saturated carbocycles. The number of nitro groups is 1. The summed E-state index contributed by atoms with van der Waals surface area (Å²) in [6, 6.07) is 17.2. The van der Waals surface area contributed by atoms with Gasteiger partial charge in [0.1, 0.15) is 5.76 Å². The lowest BCUT2D eigenvalue weighted by molar-refractivity contribution is -0.384. The van der Waals surface area contributed by atoms with Gasteiger partial charge in [0.05, 0.1) is 17.7 Å². The average molecular weight is 379 g/mol. The summed E-state index contributed by atoms with van der Waals surface area (Å²) in [6.45, 7) is 0.625. The molecule has 0 aliphatic heterocycles. The first kappa shape index (κ1) is 19.2. The van der Waals surface area contributed by atoms with Crippen LogP contribution in [0.1, 0.15) is 21.7 Å². The van der Waals surface area contributed by atoms with Crippen LogP contribution >= 0.6 is 0 Å². The van der Waals surface area contributed by atoms with Gasteiger partial charge in [0, 0.05) is 44.0 Å². The number of anilines is 1. The molecule has 7 heteroatoms. The summed E-state index contributed by atoms with van der Waals surface area (Å²) in [7, 11) is 3.92. The van der Waals surface area contributed by atoms with Gasteiger partial charge < -0.3 is 14.2 Å². The molecule has 0 bridgehead atoms. The minimum Gasteiger partial charge on any atom is -0.467 e. The van der Waals surface area contributed by atoms with Gasteiger partial charge in [-0.05, 0) is 35.9 Å². The zero-order valence-electron chi connectivity index (χ0n) is 15.7. The van der Waals surface area contributed by atoms with Gasteiger partial charge >= 0.3 is 0 Å². The Bertz CT molecular complexity index is 950. The third-order valence-corrected chi connectivity index (χ3v) is 4.34. The van der Waals surface area contributed by atoms with E-state index in [0.717, 1.165) is 11.3 Å². The number of nitro benzene ring substituents is 1. The van der Waals surface area contributed by atoms with Crippen LogP contribution in [0.15, 0.2) is 71.3 Å². The number of carbonyl (C=O) groups is 1. The van der Waals surface area contributed by atoms with Crippen LogP contribution in [0.25, 0.3) is 0 Å². The molecule has 144 valence electrons. The number of rotatable bonds is 7. The van der Waals surface area contributed by atoms with Gasteiger partial charge in [-0.25, -0.2) is 0 Å². The van der Waals surface area contributed by atoms with Crippen molar-refractivity contribution < 1.29 is 14.1 Å². The Morgan fingerprint density at radius 2 is 1.79 bits per heavy atom. The molecule has 0 spiro atoms. The van der Waals surface area contributed by atoms with Crippen molar-refractivity contribution in [2.75, 3.05) is 19.0 Å². The van der Waals surface area contributed by atoms with E-state index in [1.807, 2.05) is 43.3 Å². The van der Waals surface area contributed by atoms with Crippen LogP contribution in [0.4, 0.5) is 11.4 Å². The SMILES string of the molecule is CN(C)c1ccc(CN(Cc2ccco2)C(=O)c2cccc([N+](=O)[O-])c2)cc1. The van der Waals surface area contributed by atoms with E-state index >= 15 is 0 Å². The maximum absolute atomic E-state index is 13.1. The van der Waals surface area contributed by atoms with E-state index < -0.39 is 4.92 Å². The zero-order chi connectivity index (χ0) is 20.1. The highest BCUT2D eigenvalue weighted by atomic mass is 16.6. The fourth-order valence-electron chi connectivity index (χ4n) is 2.85. The summed E-state index contributed by atoms with van der Waals surface area (Å²) in [5, 5.41) is 11.0. The third-order valence-electron chi connectivity index (χ3n) is 4.34. The highest BCUT2D eigenvalue weighted by Gasteiger charge is 2.20. The molecule has 0 radical (unpaired) electrons. The minimum absolute atomic E-state index is 0.112. The van der Waals surface area contributed by atoms with E-state index in [-0.39, 0.29) is 23.7 Å². The Balaban J connectivity index is 1.87. The summed E-state index contributed by atoms with van der Waals surface area (Å²) in [4.78, 5) is 27.2. The maximum atomic E-state index is 13.1. The first-order valence-electron chi connectivity index (χ1n) is 8.76. The smallest absolute Gasteiger partial charge is 0.270 e. The van der Waals surface area contributed by atoms with Crippen LogP contribution in [0.2, 0.25) is 0 Å². The van der Waals surface area contributed by atoms with Crippen molar-refractivity contribution in [1.82, 2.24) is 4.90 Å². The number of amides is 1. The number of hydrogen-bond acceptors (Lipinski definition) is 5. The Labute approximate surface area is 162 Å². The molecule has 7 nitrogen and oxygen atoms in total. The molecule has 0 unspecified atom stereocenters. The van der Waals surface area contributed by atoms with Crippen molar-refractivity contribution in [2.24, 2.45) is 0 Å². The van der Waals surface area contributed by atoms with Crippen LogP contribution in [0, 0.1) is 10.1 Å². The second kappa shape index (κ2) is 8.39. The van der Waals surface area contributed by atoms with E-state index in [2.05, 4.69) is 0 Å². The summed E-state index contributed by atoms with van der Waals surface area (Å²) in [6.07, 6.45) is 1.55. The molecular formula is C21H21N3O4. The lowest BCUT2D eigenvalue weighted by Crippen LogP contribution is -2.30. The summed E-state index contributed by atoms with van der Waals surface area (Å²) < 4.78 is 5.39. The monoisotopic (exact) mass is 379 g/mol. The fraction of sp³-hybridized carbons (Fsp3) is 0.190. The van der Waals surface area contributed by atoms with Gasteiger partial charge in [0.25, 0.3) is 11.6 Å². The van der Waals surface area contributed by atoms with Crippen molar-refractivity contribution in [1.29, 1.82) is 0 Å². The molecule has 3 aromatic rings. The standard InChI is InChI=1S/C21H21N3O4/c1-22(2)18-10-8-16(9-11-18)14-23(15-20-7-4-12-28-20)21(25)17-5-3-6-19(13-17)24(26)27/h3-13H,14-15H2,1-2H3. The van der Waals surface area contributed by atoms with Crippen LogP contribution in [-0.4, -0.2) is 29.8 Å². The topological polar surface area (TPSA) is 79.8 Å². The van der Waals surface area contributed by atoms with Gasteiger partial charge in [-0.2, -0.15) is 0 Å². The number of furan rings is 1. The number of benzene rings is 2. The molecule has 2 aromatic carbocycles. The number of non-ortho nitro benzene ring substituents is 1. The second-order valence-corrected chi connectivity index (χ2v) is 6.61. The summed E-state index contributed by atoms with van der Waals surface area (Å²) >= 11 is 0. The van der Waals surface area contributed by atoms with E-state index in [9.17, 15) is 14.9 Å². The summed E-state index contributed by atoms with van der Waals surface area (Å²) in [5.41, 5.74) is 2.17.